The molecule has 1 unspecified atom stereocenters. The number of rotatable bonds is 7. The summed E-state index contributed by atoms with van der Waals surface area (Å²) >= 11 is 1.87. The topological polar surface area (TPSA) is 109 Å². The van der Waals surface area contributed by atoms with Crippen LogP contribution in [0.1, 0.15) is 21.5 Å². The van der Waals surface area contributed by atoms with Gasteiger partial charge in [0, 0.05) is 22.4 Å². The maximum absolute atomic E-state index is 15.0. The highest BCUT2D eigenvalue weighted by molar-refractivity contribution is 14.1. The number of aromatic nitrogens is 1. The van der Waals surface area contributed by atoms with E-state index < -0.39 is 62.6 Å². The van der Waals surface area contributed by atoms with Gasteiger partial charge in [0.1, 0.15) is 15.7 Å². The monoisotopic (exact) mass is 607 g/mol. The molecular weight excluding hydrogens is 589 g/mol. The average molecular weight is 607 g/mol. The van der Waals surface area contributed by atoms with Crippen LogP contribution < -0.4 is 15.8 Å². The summed E-state index contributed by atoms with van der Waals surface area (Å²) in [4.78, 5) is 15.7. The summed E-state index contributed by atoms with van der Waals surface area (Å²) in [7, 11) is -1.60. The van der Waals surface area contributed by atoms with Crippen molar-refractivity contribution < 1.29 is 26.6 Å². The van der Waals surface area contributed by atoms with E-state index in [1.54, 1.807) is 0 Å². The summed E-state index contributed by atoms with van der Waals surface area (Å²) in [5.41, 5.74) is 3.51. The van der Waals surface area contributed by atoms with Gasteiger partial charge in [0.15, 0.2) is 23.3 Å². The van der Waals surface area contributed by atoms with E-state index in [0.29, 0.717) is 3.57 Å². The van der Waals surface area contributed by atoms with Crippen molar-refractivity contribution in [1.82, 2.24) is 9.71 Å². The van der Waals surface area contributed by atoms with Gasteiger partial charge in [-0.2, -0.15) is 4.36 Å². The first-order valence-electron chi connectivity index (χ1n) is 9.50. The Morgan fingerprint density at radius 1 is 1.12 bits per heavy atom. The van der Waals surface area contributed by atoms with Crippen LogP contribution in [0.5, 0.6) is 0 Å². The molecule has 7 nitrogen and oxygen atoms in total. The van der Waals surface area contributed by atoms with Gasteiger partial charge in [0.2, 0.25) is 0 Å². The molecule has 34 heavy (non-hydrogen) atoms. The molecule has 0 radical (unpaired) electrons. The number of pyridine rings is 1. The maximum Gasteiger partial charge on any atom is 0.250 e. The Kier molecular flexibility index (Phi) is 7.77. The van der Waals surface area contributed by atoms with Gasteiger partial charge in [-0.3, -0.25) is 4.79 Å². The molecule has 180 valence electrons. The standard InChI is InChI=1S/C21H18F4IN5O2S/c1-28-34(2,33)31-21-17(24)10(5-6-29-21)7-11-8-13(20(27)32)19(18(25)16(11)23)30-15-4-3-12(26)9-14(15)22/h3-6,8-9,30H,7H2,1-2H3,(H2,27,32)(H,28,29,31,33). The number of anilines is 2. The summed E-state index contributed by atoms with van der Waals surface area (Å²) in [6.07, 6.45) is 1.90. The van der Waals surface area contributed by atoms with Crippen LogP contribution in [0, 0.1) is 26.8 Å². The van der Waals surface area contributed by atoms with Crippen LogP contribution in [0.4, 0.5) is 34.8 Å². The molecule has 0 aliphatic carbocycles. The van der Waals surface area contributed by atoms with Crippen molar-refractivity contribution in [2.24, 2.45) is 10.1 Å². The fraction of sp³-hybridized carbons (Fsp3) is 0.143. The minimum atomic E-state index is -2.97. The lowest BCUT2D eigenvalue weighted by Crippen LogP contribution is -2.17. The molecule has 0 aliphatic heterocycles. The van der Waals surface area contributed by atoms with Crippen LogP contribution in [-0.2, 0) is 16.3 Å². The maximum atomic E-state index is 15.0. The molecular formula is C21H18F4IN5O2S. The molecule has 2 aromatic carbocycles. The van der Waals surface area contributed by atoms with Crippen molar-refractivity contribution >= 4 is 55.6 Å². The number of carbonyl (C=O) groups excluding carboxylic acids is 1. The lowest BCUT2D eigenvalue weighted by Gasteiger charge is -2.16. The first kappa shape index (κ1) is 25.8. The molecule has 1 aromatic heterocycles. The molecule has 4 N–H and O–H groups in total. The Morgan fingerprint density at radius 3 is 2.44 bits per heavy atom. The van der Waals surface area contributed by atoms with Gasteiger partial charge in [0.25, 0.3) is 5.91 Å². The van der Waals surface area contributed by atoms with Crippen molar-refractivity contribution in [3.05, 3.63) is 80.1 Å². The number of carbonyl (C=O) groups is 1. The molecule has 0 aliphatic rings. The van der Waals surface area contributed by atoms with E-state index in [1.165, 1.54) is 37.7 Å². The zero-order chi connectivity index (χ0) is 25.2. The van der Waals surface area contributed by atoms with E-state index in [4.69, 9.17) is 5.73 Å². The van der Waals surface area contributed by atoms with Gasteiger partial charge in [-0.25, -0.2) is 31.5 Å². The van der Waals surface area contributed by atoms with E-state index in [1.807, 2.05) is 22.6 Å². The average Bonchev–Trinajstić information content (AvgIpc) is 2.77. The quantitative estimate of drug-likeness (QED) is 0.271. The van der Waals surface area contributed by atoms with E-state index in [2.05, 4.69) is 19.4 Å². The van der Waals surface area contributed by atoms with E-state index >= 15 is 0 Å². The van der Waals surface area contributed by atoms with Gasteiger partial charge >= 0.3 is 0 Å². The first-order chi connectivity index (χ1) is 15.9. The summed E-state index contributed by atoms with van der Waals surface area (Å²) < 4.78 is 77.8. The van der Waals surface area contributed by atoms with Crippen molar-refractivity contribution in [3.63, 3.8) is 0 Å². The highest BCUT2D eigenvalue weighted by atomic mass is 127. The minimum Gasteiger partial charge on any atom is -0.366 e. The summed E-state index contributed by atoms with van der Waals surface area (Å²) in [6.45, 7) is 0. The molecule has 13 heteroatoms. The zero-order valence-corrected chi connectivity index (χ0v) is 20.7. The third-order valence-corrected chi connectivity index (χ3v) is 6.66. The number of benzene rings is 2. The zero-order valence-electron chi connectivity index (χ0n) is 17.8. The molecule has 0 fully saturated rings. The fourth-order valence-corrected chi connectivity index (χ4v) is 3.94. The van der Waals surface area contributed by atoms with E-state index in [0.717, 1.165) is 12.1 Å². The Morgan fingerprint density at radius 2 is 1.82 bits per heavy atom. The Bertz CT molecular complexity index is 1410. The van der Waals surface area contributed by atoms with Crippen LogP contribution >= 0.6 is 22.6 Å². The third-order valence-electron chi connectivity index (χ3n) is 4.71. The number of hydrogen-bond donors (Lipinski definition) is 3. The molecule has 0 saturated carbocycles. The number of amides is 1. The molecule has 0 saturated heterocycles. The lowest BCUT2D eigenvalue weighted by atomic mass is 10.00. The molecule has 1 amide bonds. The fourth-order valence-electron chi connectivity index (χ4n) is 2.94. The molecule has 0 bridgehead atoms. The van der Waals surface area contributed by atoms with E-state index in [-0.39, 0.29) is 16.8 Å². The SMILES string of the molecule is CNS(C)(=O)=Nc1nccc(Cc2cc(C(N)=O)c(Nc3ccc(I)cc3F)c(F)c2F)c1F. The number of nitrogens with two attached hydrogens (primary N) is 1. The van der Waals surface area contributed by atoms with Crippen molar-refractivity contribution in [2.45, 2.75) is 6.42 Å². The molecule has 3 aromatic rings. The second-order valence-corrected chi connectivity index (χ2v) is 10.5. The number of nitrogens with zero attached hydrogens (tertiary/aromatic N) is 2. The van der Waals surface area contributed by atoms with Gasteiger partial charge in [0.05, 0.1) is 16.9 Å². The lowest BCUT2D eigenvalue weighted by molar-refractivity contribution is 0.100. The summed E-state index contributed by atoms with van der Waals surface area (Å²) in [6, 6.07) is 6.14. The number of primary amides is 1. The Balaban J connectivity index is 2.07. The predicted molar refractivity (Wildman–Crippen MR) is 129 cm³/mol. The minimum absolute atomic E-state index is 0.141. The van der Waals surface area contributed by atoms with Gasteiger partial charge in [-0.05, 0) is 71.1 Å². The van der Waals surface area contributed by atoms with E-state index in [9.17, 15) is 26.6 Å². The Labute approximate surface area is 206 Å². The summed E-state index contributed by atoms with van der Waals surface area (Å²) in [5.74, 6) is -6.22. The molecule has 1 heterocycles. The molecule has 1 atom stereocenters. The predicted octanol–water partition coefficient (Wildman–Crippen LogP) is 4.54. The third kappa shape index (κ3) is 5.64. The van der Waals surface area contributed by atoms with Crippen LogP contribution in [0.25, 0.3) is 0 Å². The van der Waals surface area contributed by atoms with Gasteiger partial charge in [-0.1, -0.05) is 0 Å². The normalized spacial score (nSPS) is 12.8. The number of hydrogen-bond acceptors (Lipinski definition) is 5. The van der Waals surface area contributed by atoms with Crippen molar-refractivity contribution in [2.75, 3.05) is 18.6 Å². The van der Waals surface area contributed by atoms with Crippen molar-refractivity contribution in [1.29, 1.82) is 0 Å². The number of nitrogens with one attached hydrogen (secondary N) is 2. The van der Waals surface area contributed by atoms with Crippen LogP contribution in [0.2, 0.25) is 0 Å². The highest BCUT2D eigenvalue weighted by Crippen LogP contribution is 2.32. The highest BCUT2D eigenvalue weighted by Gasteiger charge is 2.23. The van der Waals surface area contributed by atoms with Gasteiger partial charge in [-0.15, -0.1) is 0 Å². The second-order valence-electron chi connectivity index (χ2n) is 7.08. The Hall–Kier alpha value is -2.78. The van der Waals surface area contributed by atoms with Crippen LogP contribution in [-0.4, -0.2) is 28.4 Å². The van der Waals surface area contributed by atoms with Crippen molar-refractivity contribution in [3.8, 4) is 0 Å². The molecule has 3 rings (SSSR count). The largest absolute Gasteiger partial charge is 0.366 e. The van der Waals surface area contributed by atoms with Crippen LogP contribution in [0.15, 0.2) is 40.9 Å². The van der Waals surface area contributed by atoms with Crippen LogP contribution in [0.3, 0.4) is 0 Å². The molecule has 0 spiro atoms. The smallest absolute Gasteiger partial charge is 0.250 e. The van der Waals surface area contributed by atoms with Gasteiger partial charge < -0.3 is 11.1 Å². The second kappa shape index (κ2) is 10.2. The number of halogens is 5. The summed E-state index contributed by atoms with van der Waals surface area (Å²) in [5, 5.41) is 2.37. The first-order valence-corrected chi connectivity index (χ1v) is 12.5.